The van der Waals surface area contributed by atoms with Gasteiger partial charge in [-0.05, 0) is 18.8 Å². The second-order valence-corrected chi connectivity index (χ2v) is 8.16. The van der Waals surface area contributed by atoms with Gasteiger partial charge in [-0.1, -0.05) is 13.8 Å². The number of piperazine rings is 1. The van der Waals surface area contributed by atoms with Crippen molar-refractivity contribution in [2.24, 2.45) is 5.92 Å². The first kappa shape index (κ1) is 19.8. The van der Waals surface area contributed by atoms with Crippen molar-refractivity contribution in [2.75, 3.05) is 38.1 Å². The number of hydrogen-bond donors (Lipinski definition) is 1. The highest BCUT2D eigenvalue weighted by Gasteiger charge is 2.32. The largest absolute Gasteiger partial charge is 0.368 e. The Kier molecular flexibility index (Phi) is 6.43. The number of carbonyl (C=O) groups is 3. The Hall–Kier alpha value is -2.00. The molecular weight excluding hydrogens is 368 g/mol. The van der Waals surface area contributed by atoms with Crippen LogP contribution in [0.2, 0.25) is 0 Å². The van der Waals surface area contributed by atoms with Crippen molar-refractivity contribution < 1.29 is 19.1 Å². The van der Waals surface area contributed by atoms with Crippen LogP contribution in [0.3, 0.4) is 0 Å². The molecule has 0 bridgehead atoms. The molecular formula is C18H26N4O4S. The molecule has 3 heterocycles. The van der Waals surface area contributed by atoms with Gasteiger partial charge in [-0.3, -0.25) is 14.4 Å². The van der Waals surface area contributed by atoms with Crippen molar-refractivity contribution in [1.82, 2.24) is 14.8 Å². The van der Waals surface area contributed by atoms with Crippen LogP contribution >= 0.6 is 11.3 Å². The van der Waals surface area contributed by atoms with Crippen LogP contribution in [0.25, 0.3) is 0 Å². The second kappa shape index (κ2) is 8.79. The number of hydrogen-bond acceptors (Lipinski definition) is 6. The minimum absolute atomic E-state index is 0.0309. The average Bonchev–Trinajstić information content (AvgIpc) is 3.32. The molecule has 2 aliphatic rings. The first-order valence-corrected chi connectivity index (χ1v) is 10.3. The molecule has 148 valence electrons. The SMILES string of the molecule is CC(C)CC(=O)Nc1nc(C(=O)N2CCN(C(=O)[C@@H]3CCCO3)CC2)cs1. The van der Waals surface area contributed by atoms with Gasteiger partial charge in [-0.15, -0.1) is 11.3 Å². The lowest BCUT2D eigenvalue weighted by Crippen LogP contribution is -2.52. The van der Waals surface area contributed by atoms with Gasteiger partial charge in [0.25, 0.3) is 11.8 Å². The molecule has 1 atom stereocenters. The lowest BCUT2D eigenvalue weighted by Gasteiger charge is -2.35. The van der Waals surface area contributed by atoms with Gasteiger partial charge in [-0.25, -0.2) is 4.98 Å². The van der Waals surface area contributed by atoms with Crippen LogP contribution in [0.15, 0.2) is 5.38 Å². The number of aromatic nitrogens is 1. The third-order valence-corrected chi connectivity index (χ3v) is 5.40. The third-order valence-electron chi connectivity index (χ3n) is 4.65. The van der Waals surface area contributed by atoms with E-state index in [0.717, 1.165) is 12.8 Å². The normalized spacial score (nSPS) is 20.2. The van der Waals surface area contributed by atoms with E-state index in [0.29, 0.717) is 50.0 Å². The molecule has 3 rings (SSSR count). The van der Waals surface area contributed by atoms with Crippen LogP contribution < -0.4 is 5.32 Å². The Bertz CT molecular complexity index is 691. The number of thiazole rings is 1. The van der Waals surface area contributed by atoms with E-state index in [9.17, 15) is 14.4 Å². The molecule has 0 aliphatic carbocycles. The summed E-state index contributed by atoms with van der Waals surface area (Å²) in [5.41, 5.74) is 0.332. The molecule has 2 aliphatic heterocycles. The quantitative estimate of drug-likeness (QED) is 0.819. The summed E-state index contributed by atoms with van der Waals surface area (Å²) in [6, 6.07) is 0. The minimum Gasteiger partial charge on any atom is -0.368 e. The molecule has 1 N–H and O–H groups in total. The van der Waals surface area contributed by atoms with E-state index in [1.165, 1.54) is 11.3 Å². The number of ether oxygens (including phenoxy) is 1. The van der Waals surface area contributed by atoms with E-state index in [1.807, 2.05) is 13.8 Å². The molecule has 8 nitrogen and oxygen atoms in total. The summed E-state index contributed by atoms with van der Waals surface area (Å²) in [4.78, 5) is 44.6. The number of nitrogens with one attached hydrogen (secondary N) is 1. The molecule has 0 unspecified atom stereocenters. The Labute approximate surface area is 162 Å². The molecule has 9 heteroatoms. The highest BCUT2D eigenvalue weighted by molar-refractivity contribution is 7.14. The fourth-order valence-electron chi connectivity index (χ4n) is 3.24. The smallest absolute Gasteiger partial charge is 0.273 e. The first-order chi connectivity index (χ1) is 12.9. The highest BCUT2D eigenvalue weighted by atomic mass is 32.1. The Morgan fingerprint density at radius 3 is 2.59 bits per heavy atom. The second-order valence-electron chi connectivity index (χ2n) is 7.30. The van der Waals surface area contributed by atoms with Crippen molar-refractivity contribution >= 4 is 34.2 Å². The van der Waals surface area contributed by atoms with Gasteiger partial charge >= 0.3 is 0 Å². The lowest BCUT2D eigenvalue weighted by atomic mass is 10.1. The molecule has 2 fully saturated rings. The summed E-state index contributed by atoms with van der Waals surface area (Å²) < 4.78 is 5.46. The lowest BCUT2D eigenvalue weighted by molar-refractivity contribution is -0.142. The zero-order valence-corrected chi connectivity index (χ0v) is 16.6. The fourth-order valence-corrected chi connectivity index (χ4v) is 3.94. The molecule has 0 saturated carbocycles. The topological polar surface area (TPSA) is 91.8 Å². The van der Waals surface area contributed by atoms with Crippen molar-refractivity contribution in [1.29, 1.82) is 0 Å². The van der Waals surface area contributed by atoms with E-state index in [4.69, 9.17) is 4.74 Å². The van der Waals surface area contributed by atoms with Crippen molar-refractivity contribution in [3.63, 3.8) is 0 Å². The Morgan fingerprint density at radius 1 is 1.26 bits per heavy atom. The predicted octanol–water partition coefficient (Wildman–Crippen LogP) is 1.59. The van der Waals surface area contributed by atoms with Crippen LogP contribution in [0.5, 0.6) is 0 Å². The van der Waals surface area contributed by atoms with Crippen molar-refractivity contribution in [3.8, 4) is 0 Å². The number of amides is 3. The van der Waals surface area contributed by atoms with Crippen LogP contribution in [-0.2, 0) is 14.3 Å². The number of nitrogens with zero attached hydrogens (tertiary/aromatic N) is 3. The summed E-state index contributed by atoms with van der Waals surface area (Å²) in [5, 5.41) is 4.84. The predicted molar refractivity (Wildman–Crippen MR) is 102 cm³/mol. The molecule has 1 aromatic heterocycles. The average molecular weight is 394 g/mol. The maximum absolute atomic E-state index is 12.6. The summed E-state index contributed by atoms with van der Waals surface area (Å²) in [7, 11) is 0. The summed E-state index contributed by atoms with van der Waals surface area (Å²) >= 11 is 1.25. The third kappa shape index (κ3) is 5.04. The minimum atomic E-state index is -0.317. The summed E-state index contributed by atoms with van der Waals surface area (Å²) in [5.74, 6) is 0.0301. The standard InChI is InChI=1S/C18H26N4O4S/c1-12(2)10-15(23)20-18-19-13(11-27-18)16(24)21-5-7-22(8-6-21)17(25)14-4-3-9-26-14/h11-12,14H,3-10H2,1-2H3,(H,19,20,23)/t14-/m0/s1. The Balaban J connectivity index is 1.50. The molecule has 27 heavy (non-hydrogen) atoms. The van der Waals surface area contributed by atoms with Gasteiger partial charge in [0.2, 0.25) is 5.91 Å². The van der Waals surface area contributed by atoms with Gasteiger partial charge in [0.05, 0.1) is 0 Å². The van der Waals surface area contributed by atoms with Crippen LogP contribution in [-0.4, -0.2) is 71.4 Å². The van der Waals surface area contributed by atoms with Crippen LogP contribution in [0, 0.1) is 5.92 Å². The van der Waals surface area contributed by atoms with Gasteiger partial charge < -0.3 is 19.9 Å². The first-order valence-electron chi connectivity index (χ1n) is 9.39. The number of anilines is 1. The maximum atomic E-state index is 12.6. The highest BCUT2D eigenvalue weighted by Crippen LogP contribution is 2.20. The van der Waals surface area contributed by atoms with Gasteiger partial charge in [0.1, 0.15) is 11.8 Å². The van der Waals surface area contributed by atoms with E-state index < -0.39 is 0 Å². The number of carbonyl (C=O) groups excluding carboxylic acids is 3. The Morgan fingerprint density at radius 2 is 1.96 bits per heavy atom. The van der Waals surface area contributed by atoms with E-state index >= 15 is 0 Å². The monoisotopic (exact) mass is 394 g/mol. The van der Waals surface area contributed by atoms with E-state index in [2.05, 4.69) is 10.3 Å². The maximum Gasteiger partial charge on any atom is 0.273 e. The molecule has 0 radical (unpaired) electrons. The van der Waals surface area contributed by atoms with E-state index in [1.54, 1.807) is 15.2 Å². The van der Waals surface area contributed by atoms with Crippen molar-refractivity contribution in [2.45, 2.75) is 39.2 Å². The molecule has 3 amide bonds. The van der Waals surface area contributed by atoms with Gasteiger partial charge in [-0.2, -0.15) is 0 Å². The zero-order valence-electron chi connectivity index (χ0n) is 15.8. The zero-order chi connectivity index (χ0) is 19.4. The molecule has 0 spiro atoms. The van der Waals surface area contributed by atoms with Crippen LogP contribution in [0.4, 0.5) is 5.13 Å². The number of rotatable bonds is 5. The van der Waals surface area contributed by atoms with Crippen LogP contribution in [0.1, 0.15) is 43.6 Å². The van der Waals surface area contributed by atoms with Crippen molar-refractivity contribution in [3.05, 3.63) is 11.1 Å². The molecule has 2 saturated heterocycles. The van der Waals surface area contributed by atoms with Gasteiger partial charge in [0.15, 0.2) is 5.13 Å². The fraction of sp³-hybridized carbons (Fsp3) is 0.667. The summed E-state index contributed by atoms with van der Waals surface area (Å²) in [6.45, 7) is 6.56. The van der Waals surface area contributed by atoms with E-state index in [-0.39, 0.29) is 29.7 Å². The summed E-state index contributed by atoms with van der Waals surface area (Å²) in [6.07, 6.45) is 1.81. The molecule has 1 aromatic rings. The molecule has 0 aromatic carbocycles. The van der Waals surface area contributed by atoms with Gasteiger partial charge in [0, 0.05) is 44.6 Å².